The molecule has 1 aliphatic rings. The van der Waals surface area contributed by atoms with E-state index < -0.39 is 0 Å². The molecule has 0 radical (unpaired) electrons. The van der Waals surface area contributed by atoms with Crippen LogP contribution < -0.4 is 5.32 Å². The fourth-order valence-electron chi connectivity index (χ4n) is 1.15. The van der Waals surface area contributed by atoms with E-state index in [4.69, 9.17) is 0 Å². The summed E-state index contributed by atoms with van der Waals surface area (Å²) in [6.45, 7) is 0. The van der Waals surface area contributed by atoms with Crippen molar-refractivity contribution in [1.82, 2.24) is 14.8 Å². The van der Waals surface area contributed by atoms with Gasteiger partial charge in [-0.1, -0.05) is 0 Å². The molecule has 2 rings (SSSR count). The van der Waals surface area contributed by atoms with Gasteiger partial charge in [-0.3, -0.25) is 0 Å². The summed E-state index contributed by atoms with van der Waals surface area (Å²) in [6, 6.07) is 0.637. The number of nitrogens with zero attached hydrogens (tertiary/aromatic N) is 3. The lowest BCUT2D eigenvalue weighted by Crippen LogP contribution is -2.28. The second kappa shape index (κ2) is 2.53. The standard InChI is InChI=1S/C7H12N4/c1-11-5-8-10-7(11)9-6-3-2-4-6/h5-6H,2-4H2,1H3,(H,9,10). The maximum absolute atomic E-state index is 3.94. The Hall–Kier alpha value is -1.06. The Morgan fingerprint density at radius 3 is 2.91 bits per heavy atom. The van der Waals surface area contributed by atoms with Crippen LogP contribution in [-0.4, -0.2) is 20.8 Å². The summed E-state index contributed by atoms with van der Waals surface area (Å²) in [5, 5.41) is 11.0. The Morgan fingerprint density at radius 1 is 1.64 bits per heavy atom. The molecule has 1 fully saturated rings. The van der Waals surface area contributed by atoms with Crippen LogP contribution in [0, 0.1) is 0 Å². The van der Waals surface area contributed by atoms with Gasteiger partial charge in [0.15, 0.2) is 0 Å². The Labute approximate surface area is 65.6 Å². The molecule has 0 aliphatic heterocycles. The van der Waals surface area contributed by atoms with Crippen molar-refractivity contribution >= 4 is 5.95 Å². The van der Waals surface area contributed by atoms with E-state index in [0.29, 0.717) is 6.04 Å². The van der Waals surface area contributed by atoms with Crippen LogP contribution in [0.4, 0.5) is 5.95 Å². The van der Waals surface area contributed by atoms with Crippen molar-refractivity contribution in [3.8, 4) is 0 Å². The largest absolute Gasteiger partial charge is 0.352 e. The third kappa shape index (κ3) is 1.20. The first kappa shape index (κ1) is 6.64. The van der Waals surface area contributed by atoms with Crippen LogP contribution in [0.25, 0.3) is 0 Å². The Kier molecular flexibility index (Phi) is 1.52. The van der Waals surface area contributed by atoms with Crippen LogP contribution in [-0.2, 0) is 7.05 Å². The van der Waals surface area contributed by atoms with Gasteiger partial charge in [-0.05, 0) is 19.3 Å². The minimum absolute atomic E-state index is 0.637. The van der Waals surface area contributed by atoms with Crippen molar-refractivity contribution < 1.29 is 0 Å². The molecule has 0 unspecified atom stereocenters. The molecule has 1 aromatic rings. The zero-order valence-corrected chi connectivity index (χ0v) is 6.62. The van der Waals surface area contributed by atoms with Crippen molar-refractivity contribution in [2.75, 3.05) is 5.32 Å². The number of hydrogen-bond donors (Lipinski definition) is 1. The number of anilines is 1. The van der Waals surface area contributed by atoms with Crippen molar-refractivity contribution in [3.63, 3.8) is 0 Å². The summed E-state index contributed by atoms with van der Waals surface area (Å²) in [4.78, 5) is 0. The second-order valence-corrected chi connectivity index (χ2v) is 3.04. The smallest absolute Gasteiger partial charge is 0.224 e. The van der Waals surface area contributed by atoms with Crippen LogP contribution in [0.15, 0.2) is 6.33 Å². The second-order valence-electron chi connectivity index (χ2n) is 3.04. The van der Waals surface area contributed by atoms with Crippen LogP contribution in [0.5, 0.6) is 0 Å². The summed E-state index contributed by atoms with van der Waals surface area (Å²) in [6.07, 6.45) is 5.59. The SMILES string of the molecule is Cn1cnnc1NC1CCC1. The van der Waals surface area contributed by atoms with Gasteiger partial charge in [0.2, 0.25) is 5.95 Å². The van der Waals surface area contributed by atoms with Crippen molar-refractivity contribution in [2.45, 2.75) is 25.3 Å². The van der Waals surface area contributed by atoms with Crippen LogP contribution >= 0.6 is 0 Å². The minimum atomic E-state index is 0.637. The van der Waals surface area contributed by atoms with Crippen LogP contribution in [0.1, 0.15) is 19.3 Å². The van der Waals surface area contributed by atoms with Crippen molar-refractivity contribution in [3.05, 3.63) is 6.33 Å². The van der Waals surface area contributed by atoms with Gasteiger partial charge < -0.3 is 9.88 Å². The Bertz CT molecular complexity index is 238. The average Bonchev–Trinajstić information content (AvgIpc) is 2.27. The first-order valence-corrected chi connectivity index (χ1v) is 3.97. The molecule has 4 nitrogen and oxygen atoms in total. The van der Waals surface area contributed by atoms with E-state index in [1.165, 1.54) is 19.3 Å². The van der Waals surface area contributed by atoms with Crippen LogP contribution in [0.3, 0.4) is 0 Å². The molecule has 4 heteroatoms. The third-order valence-electron chi connectivity index (χ3n) is 2.15. The first-order valence-electron chi connectivity index (χ1n) is 3.97. The number of aryl methyl sites for hydroxylation is 1. The van der Waals surface area contributed by atoms with Gasteiger partial charge in [0.1, 0.15) is 6.33 Å². The molecule has 0 spiro atoms. The van der Waals surface area contributed by atoms with Crippen molar-refractivity contribution in [1.29, 1.82) is 0 Å². The molecular weight excluding hydrogens is 140 g/mol. The van der Waals surface area contributed by atoms with E-state index in [0.717, 1.165) is 5.95 Å². The molecule has 0 aromatic carbocycles. The highest BCUT2D eigenvalue weighted by molar-refractivity contribution is 5.25. The Balaban J connectivity index is 1.99. The van der Waals surface area contributed by atoms with Gasteiger partial charge in [0.25, 0.3) is 0 Å². The molecule has 11 heavy (non-hydrogen) atoms. The number of hydrogen-bond acceptors (Lipinski definition) is 3. The highest BCUT2D eigenvalue weighted by Gasteiger charge is 2.18. The molecule has 1 aromatic heterocycles. The summed E-state index contributed by atoms with van der Waals surface area (Å²) < 4.78 is 1.90. The molecule has 1 heterocycles. The fraction of sp³-hybridized carbons (Fsp3) is 0.714. The summed E-state index contributed by atoms with van der Waals surface area (Å²) in [7, 11) is 1.95. The van der Waals surface area contributed by atoms with E-state index >= 15 is 0 Å². The van der Waals surface area contributed by atoms with Gasteiger partial charge in [-0.15, -0.1) is 10.2 Å². The maximum atomic E-state index is 3.94. The Morgan fingerprint density at radius 2 is 2.45 bits per heavy atom. The lowest BCUT2D eigenvalue weighted by atomic mass is 9.93. The maximum Gasteiger partial charge on any atom is 0.224 e. The fourth-order valence-corrected chi connectivity index (χ4v) is 1.15. The van der Waals surface area contributed by atoms with E-state index in [1.807, 2.05) is 11.6 Å². The molecule has 0 bridgehead atoms. The van der Waals surface area contributed by atoms with Gasteiger partial charge in [-0.25, -0.2) is 0 Å². The molecule has 1 saturated carbocycles. The normalized spacial score (nSPS) is 17.9. The van der Waals surface area contributed by atoms with Gasteiger partial charge in [0.05, 0.1) is 0 Å². The van der Waals surface area contributed by atoms with Gasteiger partial charge >= 0.3 is 0 Å². The first-order chi connectivity index (χ1) is 5.36. The minimum Gasteiger partial charge on any atom is -0.352 e. The van der Waals surface area contributed by atoms with Gasteiger partial charge in [-0.2, -0.15) is 0 Å². The van der Waals surface area contributed by atoms with Crippen molar-refractivity contribution in [2.24, 2.45) is 7.05 Å². The van der Waals surface area contributed by atoms with E-state index in [-0.39, 0.29) is 0 Å². The topological polar surface area (TPSA) is 42.7 Å². The lowest BCUT2D eigenvalue weighted by molar-refractivity contribution is 0.442. The van der Waals surface area contributed by atoms with E-state index in [2.05, 4.69) is 15.5 Å². The van der Waals surface area contributed by atoms with E-state index in [1.54, 1.807) is 6.33 Å². The predicted octanol–water partition coefficient (Wildman–Crippen LogP) is 0.779. The third-order valence-corrected chi connectivity index (χ3v) is 2.15. The molecule has 60 valence electrons. The molecule has 0 saturated heterocycles. The quantitative estimate of drug-likeness (QED) is 0.681. The molecule has 1 aliphatic carbocycles. The summed E-state index contributed by atoms with van der Waals surface area (Å²) >= 11 is 0. The summed E-state index contributed by atoms with van der Waals surface area (Å²) in [5.41, 5.74) is 0. The average molecular weight is 152 g/mol. The number of nitrogens with one attached hydrogen (secondary N) is 1. The molecule has 0 atom stereocenters. The lowest BCUT2D eigenvalue weighted by Gasteiger charge is -2.26. The molecule has 0 amide bonds. The summed E-state index contributed by atoms with van der Waals surface area (Å²) in [5.74, 6) is 0.884. The van der Waals surface area contributed by atoms with Crippen LogP contribution in [0.2, 0.25) is 0 Å². The zero-order chi connectivity index (χ0) is 7.68. The molecular formula is C7H12N4. The number of rotatable bonds is 2. The van der Waals surface area contributed by atoms with E-state index in [9.17, 15) is 0 Å². The monoisotopic (exact) mass is 152 g/mol. The highest BCUT2D eigenvalue weighted by atomic mass is 15.3. The number of aromatic nitrogens is 3. The molecule has 1 N–H and O–H groups in total. The predicted molar refractivity (Wildman–Crippen MR) is 42.3 cm³/mol. The zero-order valence-electron chi connectivity index (χ0n) is 6.62. The van der Waals surface area contributed by atoms with Gasteiger partial charge in [0, 0.05) is 13.1 Å². The highest BCUT2D eigenvalue weighted by Crippen LogP contribution is 2.21.